The second kappa shape index (κ2) is 4.04. The Kier molecular flexibility index (Phi) is 3.30. The zero-order chi connectivity index (χ0) is 8.27. The Bertz CT molecular complexity index is 122. The number of piperazine rings is 1. The van der Waals surface area contributed by atoms with Crippen molar-refractivity contribution >= 4 is 0 Å². The average Bonchev–Trinajstić information content (AvgIpc) is 2.04. The second-order valence-electron chi connectivity index (χ2n) is 3.37. The number of aliphatic hydroxyl groups excluding tert-OH is 1. The van der Waals surface area contributed by atoms with Crippen LogP contribution in [0.2, 0.25) is 0 Å². The van der Waals surface area contributed by atoms with Gasteiger partial charge < -0.3 is 10.4 Å². The van der Waals surface area contributed by atoms with E-state index in [1.54, 1.807) is 0 Å². The van der Waals surface area contributed by atoms with E-state index >= 15 is 0 Å². The van der Waals surface area contributed by atoms with E-state index in [0.717, 1.165) is 19.6 Å². The first-order chi connectivity index (χ1) is 5.25. The lowest BCUT2D eigenvalue weighted by atomic mass is 10.1. The third-order valence-electron chi connectivity index (χ3n) is 2.27. The van der Waals surface area contributed by atoms with Crippen molar-refractivity contribution in [2.24, 2.45) is 0 Å². The van der Waals surface area contributed by atoms with Gasteiger partial charge in [0.1, 0.15) is 0 Å². The van der Waals surface area contributed by atoms with Crippen LogP contribution < -0.4 is 5.32 Å². The normalized spacial score (nSPS) is 27.8. The Labute approximate surface area is 69.9 Å². The zero-order valence-electron chi connectivity index (χ0n) is 7.38. The molecule has 3 heteroatoms. The summed E-state index contributed by atoms with van der Waals surface area (Å²) in [6, 6.07) is 0.873. The Morgan fingerprint density at radius 2 is 2.45 bits per heavy atom. The first-order valence-electron chi connectivity index (χ1n) is 4.33. The van der Waals surface area contributed by atoms with E-state index in [4.69, 9.17) is 5.11 Å². The van der Waals surface area contributed by atoms with Gasteiger partial charge in [0.15, 0.2) is 0 Å². The summed E-state index contributed by atoms with van der Waals surface area (Å²) in [6.45, 7) is 7.65. The molecule has 1 aliphatic heterocycles. The molecule has 0 aromatic rings. The summed E-state index contributed by atoms with van der Waals surface area (Å²) in [4.78, 5) is 2.34. The molecule has 1 atom stereocenters. The molecule has 0 saturated carbocycles. The smallest absolute Gasteiger partial charge is 0.0599 e. The molecule has 1 saturated heterocycles. The van der Waals surface area contributed by atoms with Crippen molar-refractivity contribution in [1.82, 2.24) is 10.2 Å². The van der Waals surface area contributed by atoms with Crippen molar-refractivity contribution < 1.29 is 6.53 Å². The molecule has 1 rings (SSSR count). The minimum absolute atomic E-state index is 0. The fourth-order valence-corrected chi connectivity index (χ4v) is 1.63. The van der Waals surface area contributed by atoms with E-state index in [2.05, 4.69) is 24.1 Å². The van der Waals surface area contributed by atoms with Gasteiger partial charge in [-0.15, -0.1) is 0 Å². The van der Waals surface area contributed by atoms with Crippen LogP contribution in [0, 0.1) is 0 Å². The standard InChI is InChI=1S/C8H18N2O.H2/c1-7(2)10-4-3-9-5-8(10)6-11;/h7-9,11H,3-6H2,1-2H3;1H/t8-;/m1./s1. The molecule has 0 amide bonds. The molecule has 3 nitrogen and oxygen atoms in total. The summed E-state index contributed by atoms with van der Waals surface area (Å²) in [7, 11) is 0. The van der Waals surface area contributed by atoms with Crippen molar-refractivity contribution in [1.29, 1.82) is 0 Å². The first-order valence-corrected chi connectivity index (χ1v) is 4.33. The molecule has 11 heavy (non-hydrogen) atoms. The summed E-state index contributed by atoms with van der Waals surface area (Å²) in [5.74, 6) is 0. The van der Waals surface area contributed by atoms with Gasteiger partial charge in [-0.25, -0.2) is 0 Å². The summed E-state index contributed by atoms with van der Waals surface area (Å²) in [5, 5.41) is 12.3. The quantitative estimate of drug-likeness (QED) is 0.592. The van der Waals surface area contributed by atoms with E-state index in [-0.39, 0.29) is 8.03 Å². The van der Waals surface area contributed by atoms with Crippen LogP contribution in [0.15, 0.2) is 0 Å². The molecule has 1 aliphatic rings. The Hall–Kier alpha value is -0.120. The van der Waals surface area contributed by atoms with Crippen LogP contribution in [-0.2, 0) is 0 Å². The topological polar surface area (TPSA) is 35.5 Å². The molecule has 0 aliphatic carbocycles. The van der Waals surface area contributed by atoms with Gasteiger partial charge in [-0.2, -0.15) is 0 Å². The summed E-state index contributed by atoms with van der Waals surface area (Å²) >= 11 is 0. The van der Waals surface area contributed by atoms with Gasteiger partial charge in [-0.05, 0) is 13.8 Å². The van der Waals surface area contributed by atoms with Gasteiger partial charge in [-0.1, -0.05) is 0 Å². The lowest BCUT2D eigenvalue weighted by Gasteiger charge is -2.37. The van der Waals surface area contributed by atoms with Crippen LogP contribution in [0.4, 0.5) is 0 Å². The highest BCUT2D eigenvalue weighted by molar-refractivity contribution is 4.80. The minimum Gasteiger partial charge on any atom is -0.395 e. The summed E-state index contributed by atoms with van der Waals surface area (Å²) in [6.07, 6.45) is 0. The van der Waals surface area contributed by atoms with Crippen LogP contribution in [0.3, 0.4) is 0 Å². The zero-order valence-corrected chi connectivity index (χ0v) is 7.38. The molecule has 0 radical (unpaired) electrons. The maximum atomic E-state index is 9.03. The van der Waals surface area contributed by atoms with E-state index in [0.29, 0.717) is 12.1 Å². The van der Waals surface area contributed by atoms with Gasteiger partial charge in [0.05, 0.1) is 6.61 Å². The molecular weight excluding hydrogens is 140 g/mol. The number of hydrogen-bond acceptors (Lipinski definition) is 3. The molecule has 68 valence electrons. The molecule has 1 fully saturated rings. The number of nitrogens with one attached hydrogen (secondary N) is 1. The van der Waals surface area contributed by atoms with Crippen molar-refractivity contribution in [3.8, 4) is 0 Å². The van der Waals surface area contributed by atoms with Crippen molar-refractivity contribution in [2.45, 2.75) is 25.9 Å². The fourth-order valence-electron chi connectivity index (χ4n) is 1.63. The molecule has 1 heterocycles. The Balaban J connectivity index is 0.00000121. The van der Waals surface area contributed by atoms with Crippen molar-refractivity contribution in [3.63, 3.8) is 0 Å². The van der Waals surface area contributed by atoms with Crippen LogP contribution in [0.25, 0.3) is 0 Å². The van der Waals surface area contributed by atoms with E-state index < -0.39 is 0 Å². The predicted molar refractivity (Wildman–Crippen MR) is 47.7 cm³/mol. The van der Waals surface area contributed by atoms with Gasteiger partial charge in [-0.3, -0.25) is 4.90 Å². The van der Waals surface area contributed by atoms with Gasteiger partial charge in [0, 0.05) is 33.1 Å². The third kappa shape index (κ3) is 2.15. The van der Waals surface area contributed by atoms with Gasteiger partial charge in [0.25, 0.3) is 0 Å². The molecule has 0 aromatic heterocycles. The monoisotopic (exact) mass is 160 g/mol. The molecule has 0 unspecified atom stereocenters. The largest absolute Gasteiger partial charge is 0.395 e. The second-order valence-corrected chi connectivity index (χ2v) is 3.37. The average molecular weight is 160 g/mol. The Morgan fingerprint density at radius 1 is 1.73 bits per heavy atom. The molecule has 2 N–H and O–H groups in total. The highest BCUT2D eigenvalue weighted by Crippen LogP contribution is 2.06. The SMILES string of the molecule is CC(C)N1CCNC[C@@H]1CO.[HH]. The van der Waals surface area contributed by atoms with Crippen molar-refractivity contribution in [2.75, 3.05) is 26.2 Å². The van der Waals surface area contributed by atoms with Crippen LogP contribution in [-0.4, -0.2) is 48.3 Å². The van der Waals surface area contributed by atoms with E-state index in [9.17, 15) is 0 Å². The summed E-state index contributed by atoms with van der Waals surface area (Å²) < 4.78 is 0. The predicted octanol–water partition coefficient (Wildman–Crippen LogP) is -0.0931. The van der Waals surface area contributed by atoms with E-state index in [1.165, 1.54) is 0 Å². The molecule has 0 bridgehead atoms. The maximum Gasteiger partial charge on any atom is 0.0599 e. The number of nitrogens with zero attached hydrogens (tertiary/aromatic N) is 1. The van der Waals surface area contributed by atoms with Crippen LogP contribution in [0.5, 0.6) is 0 Å². The number of rotatable bonds is 2. The van der Waals surface area contributed by atoms with Gasteiger partial charge >= 0.3 is 0 Å². The van der Waals surface area contributed by atoms with Crippen LogP contribution >= 0.6 is 0 Å². The molecule has 0 aromatic carbocycles. The van der Waals surface area contributed by atoms with Crippen molar-refractivity contribution in [3.05, 3.63) is 0 Å². The highest BCUT2D eigenvalue weighted by atomic mass is 16.3. The summed E-state index contributed by atoms with van der Waals surface area (Å²) in [5.41, 5.74) is 0. The molecular formula is C8H20N2O. The first kappa shape index (κ1) is 8.97. The number of hydrogen-bond donors (Lipinski definition) is 2. The highest BCUT2D eigenvalue weighted by Gasteiger charge is 2.22. The Morgan fingerprint density at radius 3 is 2.91 bits per heavy atom. The maximum absolute atomic E-state index is 9.03. The van der Waals surface area contributed by atoms with Gasteiger partial charge in [0.2, 0.25) is 0 Å². The van der Waals surface area contributed by atoms with E-state index in [1.807, 2.05) is 0 Å². The van der Waals surface area contributed by atoms with Crippen LogP contribution in [0.1, 0.15) is 15.3 Å². The fraction of sp³-hybridized carbons (Fsp3) is 1.00. The third-order valence-corrected chi connectivity index (χ3v) is 2.27. The molecule has 0 spiro atoms. The lowest BCUT2D eigenvalue weighted by Crippen LogP contribution is -2.55. The number of aliphatic hydroxyl groups is 1. The minimum atomic E-state index is 0. The lowest BCUT2D eigenvalue weighted by molar-refractivity contribution is 0.0753.